The lowest BCUT2D eigenvalue weighted by Crippen LogP contribution is -2.46. The number of aliphatic hydroxyl groups is 2. The fraction of sp³-hybridized carbons (Fsp3) is 1.00. The number of nitrogens with two attached hydrogens (primary N) is 1. The summed E-state index contributed by atoms with van der Waals surface area (Å²) < 4.78 is 5.29. The largest absolute Gasteiger partial charge is 0.394 e. The summed E-state index contributed by atoms with van der Waals surface area (Å²) in [5, 5.41) is 17.6. The van der Waals surface area contributed by atoms with Crippen molar-refractivity contribution in [3.05, 3.63) is 0 Å². The highest BCUT2D eigenvalue weighted by Gasteiger charge is 2.27. The number of hydrogen-bond acceptors (Lipinski definition) is 4. The van der Waals surface area contributed by atoms with Crippen molar-refractivity contribution in [3.63, 3.8) is 0 Å². The minimum Gasteiger partial charge on any atom is -0.394 e. The van der Waals surface area contributed by atoms with E-state index >= 15 is 0 Å². The first-order valence-corrected chi connectivity index (χ1v) is 5.32. The molecular formula is C10H21NO3. The molecule has 0 spiro atoms. The molecule has 1 fully saturated rings. The van der Waals surface area contributed by atoms with E-state index in [9.17, 15) is 0 Å². The highest BCUT2D eigenvalue weighted by molar-refractivity contribution is 4.86. The normalized spacial score (nSPS) is 23.4. The Morgan fingerprint density at radius 3 is 2.50 bits per heavy atom. The summed E-state index contributed by atoms with van der Waals surface area (Å²) in [6.45, 7) is 0.414. The van der Waals surface area contributed by atoms with E-state index in [4.69, 9.17) is 20.7 Å². The first kappa shape index (κ1) is 11.9. The van der Waals surface area contributed by atoms with Crippen molar-refractivity contribution in [2.75, 3.05) is 19.8 Å². The van der Waals surface area contributed by atoms with Gasteiger partial charge in [-0.05, 0) is 12.8 Å². The molecule has 0 radical (unpaired) electrons. The van der Waals surface area contributed by atoms with Crippen LogP contribution in [0, 0.1) is 0 Å². The molecule has 4 nitrogen and oxygen atoms in total. The summed E-state index contributed by atoms with van der Waals surface area (Å²) in [4.78, 5) is 0. The van der Waals surface area contributed by atoms with Gasteiger partial charge in [0.15, 0.2) is 0 Å². The van der Waals surface area contributed by atoms with Gasteiger partial charge in [-0.15, -0.1) is 0 Å². The molecule has 0 aliphatic heterocycles. The Labute approximate surface area is 85.1 Å². The van der Waals surface area contributed by atoms with E-state index < -0.39 is 6.10 Å². The van der Waals surface area contributed by atoms with Crippen molar-refractivity contribution in [2.45, 2.75) is 43.7 Å². The summed E-state index contributed by atoms with van der Waals surface area (Å²) in [5.74, 6) is 0. The van der Waals surface area contributed by atoms with Crippen molar-refractivity contribution in [3.8, 4) is 0 Å². The predicted octanol–water partition coefficient (Wildman–Crippen LogP) is 0.0178. The smallest absolute Gasteiger partial charge is 0.100 e. The number of rotatable bonds is 5. The second kappa shape index (κ2) is 5.66. The van der Waals surface area contributed by atoms with Gasteiger partial charge in [-0.2, -0.15) is 0 Å². The van der Waals surface area contributed by atoms with Gasteiger partial charge in [-0.3, -0.25) is 0 Å². The van der Waals surface area contributed by atoms with Gasteiger partial charge in [-0.1, -0.05) is 19.3 Å². The van der Waals surface area contributed by atoms with Gasteiger partial charge in [0.1, 0.15) is 6.10 Å². The Morgan fingerprint density at radius 2 is 1.93 bits per heavy atom. The molecule has 0 aromatic carbocycles. The molecule has 0 saturated heterocycles. The van der Waals surface area contributed by atoms with Crippen LogP contribution in [-0.4, -0.2) is 41.7 Å². The Bertz CT molecular complexity index is 157. The molecule has 1 unspecified atom stereocenters. The van der Waals surface area contributed by atoms with E-state index in [-0.39, 0.29) is 18.8 Å². The molecule has 0 aromatic rings. The van der Waals surface area contributed by atoms with Crippen molar-refractivity contribution in [1.29, 1.82) is 0 Å². The van der Waals surface area contributed by atoms with Crippen molar-refractivity contribution >= 4 is 0 Å². The van der Waals surface area contributed by atoms with Crippen LogP contribution >= 0.6 is 0 Å². The Morgan fingerprint density at radius 1 is 1.29 bits per heavy atom. The van der Waals surface area contributed by atoms with E-state index in [1.165, 1.54) is 19.3 Å². The average molecular weight is 203 g/mol. The minimum absolute atomic E-state index is 0.176. The monoisotopic (exact) mass is 203 g/mol. The van der Waals surface area contributed by atoms with Crippen molar-refractivity contribution < 1.29 is 14.9 Å². The van der Waals surface area contributed by atoms with Crippen LogP contribution in [-0.2, 0) is 4.74 Å². The standard InChI is InChI=1S/C10H21NO3/c11-10(4-2-1-3-5-10)8-14-7-9(13)6-12/h9,12-13H,1-8,11H2. The first-order valence-electron chi connectivity index (χ1n) is 5.32. The summed E-state index contributed by atoms with van der Waals surface area (Å²) in [7, 11) is 0. The maximum Gasteiger partial charge on any atom is 0.100 e. The zero-order chi connectivity index (χ0) is 10.4. The number of hydrogen-bond donors (Lipinski definition) is 3. The van der Waals surface area contributed by atoms with E-state index in [1.807, 2.05) is 0 Å². The van der Waals surface area contributed by atoms with E-state index in [1.54, 1.807) is 0 Å². The van der Waals surface area contributed by atoms with Crippen LogP contribution in [0.1, 0.15) is 32.1 Å². The molecule has 0 bridgehead atoms. The van der Waals surface area contributed by atoms with E-state index in [2.05, 4.69) is 0 Å². The van der Waals surface area contributed by atoms with Crippen LogP contribution in [0.25, 0.3) is 0 Å². The van der Waals surface area contributed by atoms with Crippen LogP contribution in [0.2, 0.25) is 0 Å². The third kappa shape index (κ3) is 3.92. The second-order valence-electron chi connectivity index (χ2n) is 4.27. The number of ether oxygens (including phenoxy) is 1. The van der Waals surface area contributed by atoms with Gasteiger partial charge < -0.3 is 20.7 Å². The van der Waals surface area contributed by atoms with Crippen LogP contribution in [0.3, 0.4) is 0 Å². The summed E-state index contributed by atoms with van der Waals surface area (Å²) >= 11 is 0. The molecule has 0 amide bonds. The topological polar surface area (TPSA) is 75.7 Å². The van der Waals surface area contributed by atoms with Crippen LogP contribution in [0.15, 0.2) is 0 Å². The molecular weight excluding hydrogens is 182 g/mol. The first-order chi connectivity index (χ1) is 6.66. The maximum atomic E-state index is 9.06. The molecule has 1 aliphatic carbocycles. The van der Waals surface area contributed by atoms with Gasteiger partial charge in [0.2, 0.25) is 0 Å². The van der Waals surface area contributed by atoms with E-state index in [0.717, 1.165) is 12.8 Å². The predicted molar refractivity (Wildman–Crippen MR) is 53.9 cm³/mol. The fourth-order valence-electron chi connectivity index (χ4n) is 1.85. The summed E-state index contributed by atoms with van der Waals surface area (Å²) in [5.41, 5.74) is 5.92. The lowest BCUT2D eigenvalue weighted by Gasteiger charge is -2.33. The lowest BCUT2D eigenvalue weighted by atomic mass is 9.83. The highest BCUT2D eigenvalue weighted by Crippen LogP contribution is 2.25. The van der Waals surface area contributed by atoms with Gasteiger partial charge >= 0.3 is 0 Å². The second-order valence-corrected chi connectivity index (χ2v) is 4.27. The van der Waals surface area contributed by atoms with E-state index in [0.29, 0.717) is 6.61 Å². The minimum atomic E-state index is -0.776. The Hall–Kier alpha value is -0.160. The lowest BCUT2D eigenvalue weighted by molar-refractivity contribution is -0.0140. The van der Waals surface area contributed by atoms with Gasteiger partial charge in [-0.25, -0.2) is 0 Å². The van der Waals surface area contributed by atoms with Gasteiger partial charge in [0.25, 0.3) is 0 Å². The Kier molecular flexibility index (Phi) is 4.81. The molecule has 14 heavy (non-hydrogen) atoms. The van der Waals surface area contributed by atoms with Gasteiger partial charge in [0, 0.05) is 5.54 Å². The molecule has 0 aromatic heterocycles. The molecule has 1 rings (SSSR count). The van der Waals surface area contributed by atoms with Gasteiger partial charge in [0.05, 0.1) is 19.8 Å². The molecule has 1 atom stereocenters. The highest BCUT2D eigenvalue weighted by atomic mass is 16.5. The fourth-order valence-corrected chi connectivity index (χ4v) is 1.85. The zero-order valence-electron chi connectivity index (χ0n) is 8.61. The molecule has 84 valence electrons. The summed E-state index contributed by atoms with van der Waals surface area (Å²) in [6, 6.07) is 0. The van der Waals surface area contributed by atoms with Crippen LogP contribution < -0.4 is 5.73 Å². The van der Waals surface area contributed by atoms with Crippen molar-refractivity contribution in [1.82, 2.24) is 0 Å². The molecule has 4 N–H and O–H groups in total. The third-order valence-electron chi connectivity index (χ3n) is 2.76. The average Bonchev–Trinajstić information content (AvgIpc) is 2.18. The molecule has 4 heteroatoms. The van der Waals surface area contributed by atoms with Crippen LogP contribution in [0.5, 0.6) is 0 Å². The third-order valence-corrected chi connectivity index (χ3v) is 2.76. The Balaban J connectivity index is 2.15. The molecule has 0 heterocycles. The molecule has 1 aliphatic rings. The van der Waals surface area contributed by atoms with Crippen molar-refractivity contribution in [2.24, 2.45) is 5.73 Å². The maximum absolute atomic E-state index is 9.06. The quantitative estimate of drug-likeness (QED) is 0.588. The number of aliphatic hydroxyl groups excluding tert-OH is 2. The zero-order valence-corrected chi connectivity index (χ0v) is 8.61. The summed E-state index contributed by atoms with van der Waals surface area (Å²) in [6.07, 6.45) is 4.83. The van der Waals surface area contributed by atoms with Crippen LogP contribution in [0.4, 0.5) is 0 Å². The SMILES string of the molecule is NC1(COCC(O)CO)CCCCC1. The molecule has 1 saturated carbocycles.